The van der Waals surface area contributed by atoms with Crippen molar-refractivity contribution in [2.75, 3.05) is 20.3 Å². The Kier molecular flexibility index (Phi) is 14.7. The monoisotopic (exact) mass is 828 g/mol. The number of likely N-dealkylation sites (tertiary alicyclic amines) is 1. The third-order valence-corrected chi connectivity index (χ3v) is 10.7. The fourth-order valence-electron chi connectivity index (χ4n) is 7.28. The number of rotatable bonds is 17. The number of carbonyl (C=O) groups excluding carboxylic acids is 4. The number of carbonyl (C=O) groups is 4. The summed E-state index contributed by atoms with van der Waals surface area (Å²) in [5, 5.41) is 12.8. The number of hydrogen-bond acceptors (Lipinski definition) is 10. The average molecular weight is 829 g/mol. The highest BCUT2D eigenvalue weighted by atomic mass is 35.5. The molecule has 12 nitrogen and oxygen atoms in total. The number of esters is 2. The van der Waals surface area contributed by atoms with Crippen LogP contribution in [0.15, 0.2) is 120 Å². The van der Waals surface area contributed by atoms with E-state index in [9.17, 15) is 29.2 Å². The zero-order valence-corrected chi connectivity index (χ0v) is 34.1. The number of benzene rings is 4. The molecule has 2 heterocycles. The summed E-state index contributed by atoms with van der Waals surface area (Å²) in [6.45, 7) is 2.60. The topological polar surface area (TPSA) is 157 Å². The Hall–Kier alpha value is -6.55. The summed E-state index contributed by atoms with van der Waals surface area (Å²) >= 11 is 6.20. The lowest BCUT2D eigenvalue weighted by molar-refractivity contribution is -0.150. The predicted octanol–water partition coefficient (Wildman–Crippen LogP) is 6.86. The largest absolute Gasteiger partial charge is 0.495 e. The molecule has 1 aliphatic heterocycles. The fraction of sp³-hybridized carbons (Fsp3) is 0.277. The molecule has 0 saturated carbocycles. The zero-order valence-electron chi connectivity index (χ0n) is 33.3. The number of aromatic nitrogens is 1. The lowest BCUT2D eigenvalue weighted by Gasteiger charge is -2.26. The van der Waals surface area contributed by atoms with Crippen molar-refractivity contribution < 1.29 is 33.4 Å². The van der Waals surface area contributed by atoms with Crippen LogP contribution in [-0.4, -0.2) is 65.4 Å². The molecule has 308 valence electrons. The molecule has 1 N–H and O–H groups in total. The molecule has 3 atom stereocenters. The SMILES string of the molecule is CCC(C(=O)Cc1ccc(C(=O)OC[C@H](NC(=O)C2CCCN2Cc2ccccc2)C(=O)OCc2ccccc2)cc1)n1cc(OC)c(-c2cc(Cl)ccc2C#N)cc1=O. The van der Waals surface area contributed by atoms with E-state index in [0.29, 0.717) is 46.7 Å². The molecule has 1 aromatic heterocycles. The number of Topliss-reactive ketones (excluding diaryl/α,β-unsaturated/α-hetero) is 1. The average Bonchev–Trinajstić information content (AvgIpc) is 3.73. The molecule has 1 aliphatic rings. The minimum atomic E-state index is -1.26. The Labute approximate surface area is 353 Å². The number of hydrogen-bond donors (Lipinski definition) is 1. The number of nitrogens with one attached hydrogen (secondary N) is 1. The number of pyridine rings is 1. The van der Waals surface area contributed by atoms with Crippen molar-refractivity contribution in [3.63, 3.8) is 0 Å². The molecule has 13 heteroatoms. The molecular weight excluding hydrogens is 784 g/mol. The molecule has 0 radical (unpaired) electrons. The van der Waals surface area contributed by atoms with Gasteiger partial charge >= 0.3 is 11.9 Å². The van der Waals surface area contributed by atoms with Gasteiger partial charge in [-0.05, 0) is 72.8 Å². The van der Waals surface area contributed by atoms with Crippen molar-refractivity contribution in [3.8, 4) is 22.9 Å². The maximum Gasteiger partial charge on any atom is 0.338 e. The highest BCUT2D eigenvalue weighted by Crippen LogP contribution is 2.34. The lowest BCUT2D eigenvalue weighted by atomic mass is 9.98. The molecule has 60 heavy (non-hydrogen) atoms. The minimum Gasteiger partial charge on any atom is -0.495 e. The first-order valence-corrected chi connectivity index (χ1v) is 20.0. The van der Waals surface area contributed by atoms with Crippen LogP contribution in [0.2, 0.25) is 5.02 Å². The minimum absolute atomic E-state index is 0.0255. The van der Waals surface area contributed by atoms with Crippen LogP contribution in [0.4, 0.5) is 0 Å². The van der Waals surface area contributed by atoms with Gasteiger partial charge in [0.25, 0.3) is 5.56 Å². The fourth-order valence-corrected chi connectivity index (χ4v) is 7.45. The first-order valence-electron chi connectivity index (χ1n) is 19.7. The van der Waals surface area contributed by atoms with Gasteiger partial charge in [0, 0.05) is 35.2 Å². The summed E-state index contributed by atoms with van der Waals surface area (Å²) in [5.74, 6) is -1.79. The normalized spacial score (nSPS) is 14.7. The van der Waals surface area contributed by atoms with Crippen LogP contribution >= 0.6 is 11.6 Å². The highest BCUT2D eigenvalue weighted by Gasteiger charge is 2.34. The number of ether oxygens (including phenoxy) is 3. The molecule has 1 amide bonds. The molecule has 4 aromatic carbocycles. The molecule has 0 aliphatic carbocycles. The van der Waals surface area contributed by atoms with Gasteiger partial charge in [0.15, 0.2) is 11.8 Å². The Bertz CT molecular complexity index is 2410. The van der Waals surface area contributed by atoms with Crippen LogP contribution < -0.4 is 15.6 Å². The van der Waals surface area contributed by atoms with Gasteiger partial charge in [-0.2, -0.15) is 5.26 Å². The van der Waals surface area contributed by atoms with E-state index in [1.807, 2.05) is 60.7 Å². The van der Waals surface area contributed by atoms with Crippen LogP contribution in [-0.2, 0) is 43.4 Å². The van der Waals surface area contributed by atoms with Gasteiger partial charge < -0.3 is 24.1 Å². The molecule has 0 bridgehead atoms. The Morgan fingerprint density at radius 2 is 1.58 bits per heavy atom. The summed E-state index contributed by atoms with van der Waals surface area (Å²) < 4.78 is 18.0. The summed E-state index contributed by atoms with van der Waals surface area (Å²) in [4.78, 5) is 69.4. The van der Waals surface area contributed by atoms with Gasteiger partial charge in [0.1, 0.15) is 19.0 Å². The third kappa shape index (κ3) is 10.7. The van der Waals surface area contributed by atoms with Crippen molar-refractivity contribution >= 4 is 35.2 Å². The van der Waals surface area contributed by atoms with Crippen molar-refractivity contribution in [2.24, 2.45) is 0 Å². The number of halogens is 1. The van der Waals surface area contributed by atoms with Gasteiger partial charge in [0.2, 0.25) is 5.91 Å². The van der Waals surface area contributed by atoms with Crippen molar-refractivity contribution in [1.82, 2.24) is 14.8 Å². The van der Waals surface area contributed by atoms with Crippen LogP contribution in [0.3, 0.4) is 0 Å². The van der Waals surface area contributed by atoms with Gasteiger partial charge in [-0.25, -0.2) is 9.59 Å². The van der Waals surface area contributed by atoms with Crippen LogP contribution in [0.25, 0.3) is 11.1 Å². The van der Waals surface area contributed by atoms with Crippen LogP contribution in [0, 0.1) is 11.3 Å². The van der Waals surface area contributed by atoms with E-state index in [1.54, 1.807) is 37.3 Å². The number of methoxy groups -OCH3 is 1. The maximum atomic E-state index is 13.7. The molecule has 2 unspecified atom stereocenters. The second-order valence-electron chi connectivity index (χ2n) is 14.4. The Morgan fingerprint density at radius 1 is 0.883 bits per heavy atom. The molecule has 0 spiro atoms. The smallest absolute Gasteiger partial charge is 0.338 e. The first kappa shape index (κ1) is 43.0. The van der Waals surface area contributed by atoms with E-state index < -0.39 is 42.2 Å². The maximum absolute atomic E-state index is 13.7. The second-order valence-corrected chi connectivity index (χ2v) is 14.9. The van der Waals surface area contributed by atoms with E-state index >= 15 is 0 Å². The van der Waals surface area contributed by atoms with E-state index in [4.69, 9.17) is 25.8 Å². The Balaban J connectivity index is 1.11. The van der Waals surface area contributed by atoms with E-state index in [-0.39, 0.29) is 36.0 Å². The second kappa shape index (κ2) is 20.4. The van der Waals surface area contributed by atoms with Crippen molar-refractivity contribution in [1.29, 1.82) is 5.26 Å². The first-order chi connectivity index (χ1) is 29.1. The number of nitriles is 1. The van der Waals surface area contributed by atoms with Crippen LogP contribution in [0.1, 0.15) is 64.8 Å². The summed E-state index contributed by atoms with van der Waals surface area (Å²) in [5.41, 5.74) is 3.24. The number of ketones is 1. The van der Waals surface area contributed by atoms with Crippen molar-refractivity contribution in [3.05, 3.63) is 159 Å². The van der Waals surface area contributed by atoms with E-state index in [1.165, 1.54) is 36.1 Å². The van der Waals surface area contributed by atoms with Gasteiger partial charge in [-0.15, -0.1) is 0 Å². The van der Waals surface area contributed by atoms with Gasteiger partial charge in [-0.3, -0.25) is 19.3 Å². The standard InChI is InChI=1S/C47H45ClN4O8/c1-3-40(52-28-43(58-2)38(25-44(52)54)37-24-36(48)21-20-35(37)26-49)42(53)23-31-16-18-34(19-17-31)46(56)60-30-39(47(57)59-29-33-13-8-5-9-14-33)50-45(55)41-15-10-22-51(41)27-32-11-6-4-7-12-32/h4-9,11-14,16-21,24-25,28,39-41H,3,10,15,22-23,27,29-30H2,1-2H3,(H,50,55)/t39-,40?,41?/m0/s1. The van der Waals surface area contributed by atoms with Gasteiger partial charge in [0.05, 0.1) is 42.6 Å². The summed E-state index contributed by atoms with van der Waals surface area (Å²) in [6, 6.07) is 30.8. The number of amides is 1. The Morgan fingerprint density at radius 3 is 2.25 bits per heavy atom. The zero-order chi connectivity index (χ0) is 42.6. The molecule has 6 rings (SSSR count). The molecule has 5 aromatic rings. The lowest BCUT2D eigenvalue weighted by Crippen LogP contribution is -2.51. The number of nitrogens with zero attached hydrogens (tertiary/aromatic N) is 3. The van der Waals surface area contributed by atoms with E-state index in [0.717, 1.165) is 24.1 Å². The third-order valence-electron chi connectivity index (χ3n) is 10.4. The van der Waals surface area contributed by atoms with E-state index in [2.05, 4.69) is 16.3 Å². The van der Waals surface area contributed by atoms with Crippen LogP contribution in [0.5, 0.6) is 5.75 Å². The van der Waals surface area contributed by atoms with Crippen molar-refractivity contribution in [2.45, 2.75) is 63.9 Å². The quantitative estimate of drug-likeness (QED) is 0.0983. The molecule has 1 saturated heterocycles. The predicted molar refractivity (Wildman–Crippen MR) is 225 cm³/mol. The summed E-state index contributed by atoms with van der Waals surface area (Å²) in [6.07, 6.45) is 3.17. The summed E-state index contributed by atoms with van der Waals surface area (Å²) in [7, 11) is 1.44. The van der Waals surface area contributed by atoms with Gasteiger partial charge in [-0.1, -0.05) is 91.3 Å². The molecule has 1 fully saturated rings. The molecular formula is C47H45ClN4O8. The highest BCUT2D eigenvalue weighted by molar-refractivity contribution is 6.31.